The van der Waals surface area contributed by atoms with E-state index in [2.05, 4.69) is 6.92 Å². The number of rotatable bonds is 7. The van der Waals surface area contributed by atoms with Gasteiger partial charge >= 0.3 is 0 Å². The molecule has 2 nitrogen and oxygen atoms in total. The van der Waals surface area contributed by atoms with Crippen LogP contribution in [0.3, 0.4) is 0 Å². The van der Waals surface area contributed by atoms with E-state index >= 15 is 0 Å². The number of benzene rings is 2. The van der Waals surface area contributed by atoms with E-state index in [0.29, 0.717) is 6.61 Å². The third-order valence-electron chi connectivity index (χ3n) is 4.07. The van der Waals surface area contributed by atoms with Crippen LogP contribution < -0.4 is 4.74 Å². The Morgan fingerprint density at radius 2 is 1.75 bits per heavy atom. The molecule has 3 rings (SSSR count). The highest BCUT2D eigenvalue weighted by Gasteiger charge is 2.08. The molecule has 0 spiro atoms. The number of hydrogen-bond acceptors (Lipinski definition) is 2. The second-order valence-electron chi connectivity index (χ2n) is 5.94. The summed E-state index contributed by atoms with van der Waals surface area (Å²) in [6.45, 7) is 2.91. The maximum Gasteiger partial charge on any atom is 0.130 e. The molecule has 0 N–H and O–H groups in total. The van der Waals surface area contributed by atoms with Crippen LogP contribution in [-0.4, -0.2) is 11.6 Å². The summed E-state index contributed by atoms with van der Waals surface area (Å²) in [6, 6.07) is 16.3. The van der Waals surface area contributed by atoms with Crippen LogP contribution in [0.25, 0.3) is 22.2 Å². The van der Waals surface area contributed by atoms with Crippen LogP contribution in [0.15, 0.2) is 54.6 Å². The van der Waals surface area contributed by atoms with E-state index in [0.717, 1.165) is 34.3 Å². The molecule has 0 aliphatic rings. The zero-order valence-electron chi connectivity index (χ0n) is 14.0. The normalized spacial score (nSPS) is 10.9. The number of fused-ring (bicyclic) bond motifs is 1. The number of pyridine rings is 1. The predicted molar refractivity (Wildman–Crippen MR) is 96.8 cm³/mol. The van der Waals surface area contributed by atoms with E-state index < -0.39 is 0 Å². The van der Waals surface area contributed by atoms with Gasteiger partial charge in [-0.05, 0) is 42.8 Å². The van der Waals surface area contributed by atoms with E-state index in [1.54, 1.807) is 12.1 Å². The van der Waals surface area contributed by atoms with Crippen molar-refractivity contribution in [3.05, 3.63) is 60.4 Å². The summed E-state index contributed by atoms with van der Waals surface area (Å²) >= 11 is 0. The molecule has 0 saturated carbocycles. The Morgan fingerprint density at radius 1 is 0.958 bits per heavy atom. The van der Waals surface area contributed by atoms with Crippen molar-refractivity contribution in [2.24, 2.45) is 0 Å². The molecule has 0 radical (unpaired) electrons. The fourth-order valence-electron chi connectivity index (χ4n) is 2.74. The average molecular weight is 323 g/mol. The maximum absolute atomic E-state index is 13.2. The molecular formula is C21H22FNO. The number of nitrogens with zero attached hydrogens (tertiary/aromatic N) is 1. The molecule has 3 aromatic rings. The molecule has 0 bridgehead atoms. The van der Waals surface area contributed by atoms with Gasteiger partial charge in [0.05, 0.1) is 17.8 Å². The predicted octanol–water partition coefficient (Wildman–Crippen LogP) is 6.00. The molecule has 0 aliphatic heterocycles. The van der Waals surface area contributed by atoms with Crippen LogP contribution >= 0.6 is 0 Å². The van der Waals surface area contributed by atoms with E-state index in [4.69, 9.17) is 9.72 Å². The van der Waals surface area contributed by atoms with Gasteiger partial charge in [0.2, 0.25) is 0 Å². The van der Waals surface area contributed by atoms with Gasteiger partial charge in [0.15, 0.2) is 0 Å². The maximum atomic E-state index is 13.2. The summed E-state index contributed by atoms with van der Waals surface area (Å²) in [4.78, 5) is 4.69. The van der Waals surface area contributed by atoms with Crippen LogP contribution in [-0.2, 0) is 0 Å². The Balaban J connectivity index is 1.89. The summed E-state index contributed by atoms with van der Waals surface area (Å²) in [5, 5.41) is 1.01. The second kappa shape index (κ2) is 7.91. The molecule has 2 aromatic carbocycles. The van der Waals surface area contributed by atoms with Crippen molar-refractivity contribution in [2.75, 3.05) is 6.61 Å². The first kappa shape index (κ1) is 16.4. The highest BCUT2D eigenvalue weighted by atomic mass is 19.1. The smallest absolute Gasteiger partial charge is 0.130 e. The van der Waals surface area contributed by atoms with Crippen molar-refractivity contribution in [3.8, 4) is 17.0 Å². The molecule has 0 aliphatic carbocycles. The highest BCUT2D eigenvalue weighted by Crippen LogP contribution is 2.30. The third kappa shape index (κ3) is 3.91. The van der Waals surface area contributed by atoms with Crippen LogP contribution in [0.5, 0.6) is 5.75 Å². The largest absolute Gasteiger partial charge is 0.493 e. The lowest BCUT2D eigenvalue weighted by atomic mass is 10.1. The van der Waals surface area contributed by atoms with Gasteiger partial charge in [0.25, 0.3) is 0 Å². The molecular weight excluding hydrogens is 301 g/mol. The number of unbranched alkanes of at least 4 members (excludes halogenated alkanes) is 3. The summed E-state index contributed by atoms with van der Waals surface area (Å²) in [7, 11) is 0. The Kier molecular flexibility index (Phi) is 5.42. The van der Waals surface area contributed by atoms with Gasteiger partial charge in [0.1, 0.15) is 11.6 Å². The molecule has 3 heteroatoms. The van der Waals surface area contributed by atoms with Crippen molar-refractivity contribution >= 4 is 10.9 Å². The number of hydrogen-bond donors (Lipinski definition) is 0. The molecule has 0 saturated heterocycles. The van der Waals surface area contributed by atoms with Crippen LogP contribution in [0.1, 0.15) is 32.6 Å². The minimum Gasteiger partial charge on any atom is -0.493 e. The van der Waals surface area contributed by atoms with Gasteiger partial charge in [-0.1, -0.05) is 38.3 Å². The fraction of sp³-hybridized carbons (Fsp3) is 0.286. The summed E-state index contributed by atoms with van der Waals surface area (Å²) in [5.41, 5.74) is 2.58. The number of halogens is 1. The van der Waals surface area contributed by atoms with Crippen LogP contribution in [0.2, 0.25) is 0 Å². The van der Waals surface area contributed by atoms with Gasteiger partial charge < -0.3 is 4.74 Å². The summed E-state index contributed by atoms with van der Waals surface area (Å²) in [5.74, 6) is 0.600. The first-order chi connectivity index (χ1) is 11.8. The van der Waals surface area contributed by atoms with Crippen molar-refractivity contribution < 1.29 is 9.13 Å². The van der Waals surface area contributed by atoms with Gasteiger partial charge in [-0.3, -0.25) is 0 Å². The Hall–Kier alpha value is -2.42. The number of ether oxygens (including phenoxy) is 1. The van der Waals surface area contributed by atoms with Crippen molar-refractivity contribution in [2.45, 2.75) is 32.6 Å². The molecule has 1 aromatic heterocycles. The zero-order chi connectivity index (χ0) is 16.8. The molecule has 1 heterocycles. The van der Waals surface area contributed by atoms with E-state index in [1.807, 2.05) is 30.3 Å². The Bertz CT molecular complexity index is 799. The lowest BCUT2D eigenvalue weighted by molar-refractivity contribution is 0.308. The third-order valence-corrected chi connectivity index (χ3v) is 4.07. The minimum atomic E-state index is -0.244. The first-order valence-corrected chi connectivity index (χ1v) is 8.56. The van der Waals surface area contributed by atoms with E-state index in [9.17, 15) is 4.39 Å². The lowest BCUT2D eigenvalue weighted by Gasteiger charge is -2.11. The molecule has 0 unspecified atom stereocenters. The monoisotopic (exact) mass is 323 g/mol. The Morgan fingerprint density at radius 3 is 2.54 bits per heavy atom. The highest BCUT2D eigenvalue weighted by molar-refractivity contribution is 5.87. The van der Waals surface area contributed by atoms with Crippen molar-refractivity contribution in [1.29, 1.82) is 0 Å². The average Bonchev–Trinajstić information content (AvgIpc) is 2.62. The standard InChI is InChI=1S/C21H22FNO/c1-2-3-4-7-14-24-21-15-20(16-10-12-17(22)13-11-16)23-19-9-6-5-8-18(19)21/h5-6,8-13,15H,2-4,7,14H2,1H3. The van der Waals surface area contributed by atoms with E-state index in [1.165, 1.54) is 31.4 Å². The van der Waals surface area contributed by atoms with Crippen molar-refractivity contribution in [3.63, 3.8) is 0 Å². The molecule has 0 atom stereocenters. The lowest BCUT2D eigenvalue weighted by Crippen LogP contribution is -1.99. The van der Waals surface area contributed by atoms with Gasteiger partial charge in [-0.25, -0.2) is 9.37 Å². The SMILES string of the molecule is CCCCCCOc1cc(-c2ccc(F)cc2)nc2ccccc12. The number of aromatic nitrogens is 1. The Labute approximate surface area is 142 Å². The molecule has 24 heavy (non-hydrogen) atoms. The summed E-state index contributed by atoms with van der Waals surface area (Å²) in [6.07, 6.45) is 4.69. The minimum absolute atomic E-state index is 0.244. The van der Waals surface area contributed by atoms with Crippen LogP contribution in [0.4, 0.5) is 4.39 Å². The quantitative estimate of drug-likeness (QED) is 0.497. The first-order valence-electron chi connectivity index (χ1n) is 8.56. The summed E-state index contributed by atoms with van der Waals surface area (Å²) < 4.78 is 19.2. The van der Waals surface area contributed by atoms with Gasteiger partial charge in [0, 0.05) is 17.0 Å². The number of para-hydroxylation sites is 1. The van der Waals surface area contributed by atoms with Crippen LogP contribution in [0, 0.1) is 5.82 Å². The zero-order valence-corrected chi connectivity index (χ0v) is 14.0. The van der Waals surface area contributed by atoms with Gasteiger partial charge in [-0.15, -0.1) is 0 Å². The fourth-order valence-corrected chi connectivity index (χ4v) is 2.74. The topological polar surface area (TPSA) is 22.1 Å². The van der Waals surface area contributed by atoms with E-state index in [-0.39, 0.29) is 5.82 Å². The van der Waals surface area contributed by atoms with Gasteiger partial charge in [-0.2, -0.15) is 0 Å². The molecule has 0 fully saturated rings. The second-order valence-corrected chi connectivity index (χ2v) is 5.94. The van der Waals surface area contributed by atoms with Crippen molar-refractivity contribution in [1.82, 2.24) is 4.98 Å². The molecule has 0 amide bonds. The molecule has 124 valence electrons.